The monoisotopic (exact) mass is 334 g/mol. The molecule has 7 heteroatoms. The molecular formula is C16H18N2O4S. The van der Waals surface area contributed by atoms with Crippen LogP contribution in [0.3, 0.4) is 0 Å². The van der Waals surface area contributed by atoms with E-state index in [1.54, 1.807) is 7.05 Å². The lowest BCUT2D eigenvalue weighted by molar-refractivity contribution is 0.0783. The lowest BCUT2D eigenvalue weighted by Gasteiger charge is -2.19. The number of carbonyl (C=O) groups is 1. The molecule has 0 bridgehead atoms. The zero-order valence-corrected chi connectivity index (χ0v) is 13.7. The van der Waals surface area contributed by atoms with Crippen LogP contribution in [0.25, 0.3) is 0 Å². The molecule has 0 atom stereocenters. The summed E-state index contributed by atoms with van der Waals surface area (Å²) < 4.78 is 27.6. The van der Waals surface area contributed by atoms with Crippen molar-refractivity contribution in [2.75, 3.05) is 19.0 Å². The van der Waals surface area contributed by atoms with Gasteiger partial charge in [-0.3, -0.25) is 4.79 Å². The van der Waals surface area contributed by atoms with Gasteiger partial charge in [-0.15, -0.1) is 0 Å². The molecule has 0 radical (unpaired) electrons. The van der Waals surface area contributed by atoms with Crippen molar-refractivity contribution in [1.82, 2.24) is 4.90 Å². The van der Waals surface area contributed by atoms with E-state index in [-0.39, 0.29) is 17.2 Å². The van der Waals surface area contributed by atoms with Crippen LogP contribution >= 0.6 is 0 Å². The summed E-state index contributed by atoms with van der Waals surface area (Å²) in [5.74, 6) is -0.426. The molecule has 0 aliphatic carbocycles. The Morgan fingerprint density at radius 3 is 2.43 bits per heavy atom. The number of nitrogen functional groups attached to an aromatic ring is 1. The predicted molar refractivity (Wildman–Crippen MR) is 88.6 cm³/mol. The van der Waals surface area contributed by atoms with Gasteiger partial charge in [0.2, 0.25) is 0 Å². The lowest BCUT2D eigenvalue weighted by Crippen LogP contribution is -2.27. The normalized spacial score (nSPS) is 11.0. The van der Waals surface area contributed by atoms with Gasteiger partial charge in [-0.05, 0) is 17.7 Å². The van der Waals surface area contributed by atoms with E-state index >= 15 is 0 Å². The first-order valence-electron chi connectivity index (χ1n) is 6.84. The fourth-order valence-electron chi connectivity index (χ4n) is 2.08. The maximum atomic E-state index is 12.6. The Hall–Kier alpha value is -2.54. The summed E-state index contributed by atoms with van der Waals surface area (Å²) in [6.45, 7) is 0.391. The molecule has 0 aliphatic rings. The molecule has 2 rings (SSSR count). The lowest BCUT2D eigenvalue weighted by atomic mass is 10.1. The first-order chi connectivity index (χ1) is 10.8. The molecule has 2 aromatic rings. The largest absolute Gasteiger partial charge is 0.399 e. The van der Waals surface area contributed by atoms with Crippen LogP contribution in [-0.4, -0.2) is 32.5 Å². The van der Waals surface area contributed by atoms with Gasteiger partial charge in [0.05, 0.1) is 11.8 Å². The summed E-state index contributed by atoms with van der Waals surface area (Å²) in [5, 5.41) is 0. The third-order valence-corrected chi connectivity index (χ3v) is 3.57. The first-order valence-corrected chi connectivity index (χ1v) is 8.66. The van der Waals surface area contributed by atoms with E-state index in [9.17, 15) is 13.2 Å². The average molecular weight is 334 g/mol. The second-order valence-corrected chi connectivity index (χ2v) is 6.76. The molecule has 2 N–H and O–H groups in total. The zero-order chi connectivity index (χ0) is 17.0. The topological polar surface area (TPSA) is 89.7 Å². The molecule has 2 aromatic carbocycles. The first kappa shape index (κ1) is 16.8. The minimum absolute atomic E-state index is 0.0718. The zero-order valence-electron chi connectivity index (χ0n) is 12.9. The number of nitrogens with two attached hydrogens (primary N) is 1. The third-order valence-electron chi connectivity index (χ3n) is 3.09. The van der Waals surface area contributed by atoms with Crippen molar-refractivity contribution >= 4 is 21.7 Å². The average Bonchev–Trinajstić information content (AvgIpc) is 2.46. The van der Waals surface area contributed by atoms with Crippen molar-refractivity contribution in [2.45, 2.75) is 6.54 Å². The quantitative estimate of drug-likeness (QED) is 0.666. The number of carbonyl (C=O) groups excluding carboxylic acids is 1. The van der Waals surface area contributed by atoms with E-state index in [1.807, 2.05) is 30.3 Å². The highest BCUT2D eigenvalue weighted by atomic mass is 32.2. The highest BCUT2D eigenvalue weighted by Gasteiger charge is 2.19. The molecule has 122 valence electrons. The minimum atomic E-state index is -3.76. The van der Waals surface area contributed by atoms with Crippen LogP contribution in [0, 0.1) is 0 Å². The number of hydrogen-bond donors (Lipinski definition) is 1. The summed E-state index contributed by atoms with van der Waals surface area (Å²) in [4.78, 5) is 14.1. The van der Waals surface area contributed by atoms with E-state index in [1.165, 1.54) is 23.1 Å². The molecule has 23 heavy (non-hydrogen) atoms. The Balaban J connectivity index is 2.28. The molecule has 6 nitrogen and oxygen atoms in total. The molecule has 0 saturated carbocycles. The van der Waals surface area contributed by atoms with Crippen molar-refractivity contribution in [3.8, 4) is 5.75 Å². The van der Waals surface area contributed by atoms with Gasteiger partial charge in [0, 0.05) is 25.3 Å². The molecule has 0 unspecified atom stereocenters. The van der Waals surface area contributed by atoms with Crippen LogP contribution in [-0.2, 0) is 16.7 Å². The summed E-state index contributed by atoms with van der Waals surface area (Å²) in [5.41, 5.74) is 7.06. The Bertz CT molecular complexity index is 804. The molecule has 0 heterocycles. The second-order valence-electron chi connectivity index (χ2n) is 5.19. The Morgan fingerprint density at radius 2 is 1.83 bits per heavy atom. The van der Waals surface area contributed by atoms with Gasteiger partial charge in [-0.25, -0.2) is 0 Å². The van der Waals surface area contributed by atoms with Crippen molar-refractivity contribution in [1.29, 1.82) is 0 Å². The molecule has 0 spiro atoms. The van der Waals surface area contributed by atoms with E-state index in [2.05, 4.69) is 0 Å². The Kier molecular flexibility index (Phi) is 4.90. The molecule has 0 aromatic heterocycles. The van der Waals surface area contributed by atoms with E-state index < -0.39 is 10.1 Å². The van der Waals surface area contributed by atoms with Gasteiger partial charge in [0.15, 0.2) is 5.75 Å². The molecule has 0 fully saturated rings. The van der Waals surface area contributed by atoms with Crippen molar-refractivity contribution in [3.63, 3.8) is 0 Å². The van der Waals surface area contributed by atoms with Gasteiger partial charge >= 0.3 is 10.1 Å². The van der Waals surface area contributed by atoms with Crippen LogP contribution in [0.4, 0.5) is 5.69 Å². The number of hydrogen-bond acceptors (Lipinski definition) is 5. The predicted octanol–water partition coefficient (Wildman–Crippen LogP) is 1.88. The van der Waals surface area contributed by atoms with Crippen molar-refractivity contribution < 1.29 is 17.4 Å². The number of benzene rings is 2. The van der Waals surface area contributed by atoms with Crippen LogP contribution in [0.5, 0.6) is 5.75 Å². The maximum Gasteiger partial charge on any atom is 0.306 e. The van der Waals surface area contributed by atoms with Gasteiger partial charge in [-0.2, -0.15) is 8.42 Å². The number of anilines is 1. The fourth-order valence-corrected chi connectivity index (χ4v) is 2.55. The second kappa shape index (κ2) is 6.70. The van der Waals surface area contributed by atoms with Gasteiger partial charge in [-0.1, -0.05) is 30.3 Å². The number of nitrogens with zero attached hydrogens (tertiary/aromatic N) is 1. The third kappa shape index (κ3) is 4.72. The minimum Gasteiger partial charge on any atom is -0.399 e. The Labute approximate surface area is 135 Å². The molecule has 0 saturated heterocycles. The smallest absolute Gasteiger partial charge is 0.306 e. The highest BCUT2D eigenvalue weighted by Crippen LogP contribution is 2.25. The van der Waals surface area contributed by atoms with Crippen LogP contribution in [0.2, 0.25) is 0 Å². The summed E-state index contributed by atoms with van der Waals surface area (Å²) in [7, 11) is -2.13. The van der Waals surface area contributed by atoms with E-state index in [0.717, 1.165) is 11.8 Å². The SMILES string of the molecule is CN(Cc1ccccc1)C(=O)c1ccc(N)cc1OS(C)(=O)=O. The van der Waals surface area contributed by atoms with Crippen LogP contribution < -0.4 is 9.92 Å². The number of rotatable bonds is 5. The van der Waals surface area contributed by atoms with Crippen LogP contribution in [0.15, 0.2) is 48.5 Å². The van der Waals surface area contributed by atoms with Gasteiger partial charge in [0.25, 0.3) is 5.91 Å². The summed E-state index contributed by atoms with van der Waals surface area (Å²) in [6.07, 6.45) is 0.915. The van der Waals surface area contributed by atoms with Crippen LogP contribution in [0.1, 0.15) is 15.9 Å². The van der Waals surface area contributed by atoms with E-state index in [0.29, 0.717) is 12.2 Å². The standard InChI is InChI=1S/C16H18N2O4S/c1-18(11-12-6-4-3-5-7-12)16(19)14-9-8-13(17)10-15(14)22-23(2,20)21/h3-10H,11,17H2,1-2H3. The van der Waals surface area contributed by atoms with Gasteiger partial charge in [0.1, 0.15) is 0 Å². The van der Waals surface area contributed by atoms with Crippen molar-refractivity contribution in [2.24, 2.45) is 0 Å². The van der Waals surface area contributed by atoms with Crippen molar-refractivity contribution in [3.05, 3.63) is 59.7 Å². The summed E-state index contributed by atoms with van der Waals surface area (Å²) >= 11 is 0. The molecular weight excluding hydrogens is 316 g/mol. The highest BCUT2D eigenvalue weighted by molar-refractivity contribution is 7.86. The number of amides is 1. The molecule has 0 aliphatic heterocycles. The summed E-state index contributed by atoms with van der Waals surface area (Å²) in [6, 6.07) is 13.8. The maximum absolute atomic E-state index is 12.6. The Morgan fingerprint density at radius 1 is 1.17 bits per heavy atom. The fraction of sp³-hybridized carbons (Fsp3) is 0.188. The van der Waals surface area contributed by atoms with E-state index in [4.69, 9.17) is 9.92 Å². The van der Waals surface area contributed by atoms with Gasteiger partial charge < -0.3 is 14.8 Å². The molecule has 1 amide bonds.